The van der Waals surface area contributed by atoms with E-state index in [0.717, 1.165) is 12.2 Å². The highest BCUT2D eigenvalue weighted by Gasteiger charge is 2.70. The maximum absolute atomic E-state index is 6.00. The molecular weight excluding hydrogens is 272 g/mol. The molecule has 2 atom stereocenters. The molecule has 0 saturated heterocycles. The molecule has 0 aliphatic heterocycles. The lowest BCUT2D eigenvalue weighted by Crippen LogP contribution is -2.40. The van der Waals surface area contributed by atoms with Crippen molar-refractivity contribution in [1.82, 2.24) is 10.3 Å². The first-order valence-electron chi connectivity index (χ1n) is 7.86. The molecule has 0 radical (unpaired) electrons. The molecule has 1 N–H and O–H groups in total. The maximum atomic E-state index is 6.00. The summed E-state index contributed by atoms with van der Waals surface area (Å²) in [6, 6.07) is 14.6. The second kappa shape index (κ2) is 5.73. The largest absolute Gasteiger partial charge is 0.490 e. The van der Waals surface area contributed by atoms with Crippen LogP contribution in [-0.4, -0.2) is 24.2 Å². The fourth-order valence-corrected chi connectivity index (χ4v) is 3.73. The lowest BCUT2D eigenvalue weighted by atomic mass is 10.0. The molecule has 1 fully saturated rings. The molecular formula is C19H24N2O. The molecule has 2 aromatic rings. The molecule has 1 aromatic carbocycles. The summed E-state index contributed by atoms with van der Waals surface area (Å²) in [5, 5.41) is 3.54. The van der Waals surface area contributed by atoms with Crippen LogP contribution in [0.25, 0.3) is 0 Å². The maximum Gasteiger partial charge on any atom is 0.137 e. The van der Waals surface area contributed by atoms with Crippen LogP contribution in [0.5, 0.6) is 5.75 Å². The van der Waals surface area contributed by atoms with Gasteiger partial charge in [0.15, 0.2) is 0 Å². The molecule has 116 valence electrons. The molecule has 3 nitrogen and oxygen atoms in total. The quantitative estimate of drug-likeness (QED) is 0.888. The van der Waals surface area contributed by atoms with Crippen molar-refractivity contribution >= 4 is 0 Å². The van der Waals surface area contributed by atoms with Gasteiger partial charge in [0.25, 0.3) is 0 Å². The molecule has 3 rings (SSSR count). The molecule has 2 unspecified atom stereocenters. The van der Waals surface area contributed by atoms with Crippen molar-refractivity contribution < 1.29 is 4.74 Å². The highest BCUT2D eigenvalue weighted by atomic mass is 16.5. The number of pyridine rings is 1. The van der Waals surface area contributed by atoms with E-state index >= 15 is 0 Å². The van der Waals surface area contributed by atoms with Gasteiger partial charge in [0.2, 0.25) is 0 Å². The zero-order valence-corrected chi connectivity index (χ0v) is 13.5. The Morgan fingerprint density at radius 2 is 1.91 bits per heavy atom. The Morgan fingerprint density at radius 3 is 2.55 bits per heavy atom. The van der Waals surface area contributed by atoms with E-state index in [1.54, 1.807) is 12.4 Å². The topological polar surface area (TPSA) is 34.1 Å². The highest BCUT2D eigenvalue weighted by Crippen LogP contribution is 2.62. The Bertz CT molecular complexity index is 612. The lowest BCUT2D eigenvalue weighted by Gasteiger charge is -2.20. The van der Waals surface area contributed by atoms with Crippen LogP contribution < -0.4 is 10.1 Å². The van der Waals surface area contributed by atoms with Crippen LogP contribution in [0.1, 0.15) is 19.4 Å². The second-order valence-electron chi connectivity index (χ2n) is 6.66. The highest BCUT2D eigenvalue weighted by molar-refractivity contribution is 5.29. The third-order valence-corrected chi connectivity index (χ3v) is 5.36. The van der Waals surface area contributed by atoms with E-state index in [-0.39, 0.29) is 11.0 Å². The van der Waals surface area contributed by atoms with Gasteiger partial charge in [-0.05, 0) is 42.5 Å². The van der Waals surface area contributed by atoms with Gasteiger partial charge in [-0.25, -0.2) is 0 Å². The molecule has 1 aliphatic rings. The summed E-state index contributed by atoms with van der Waals surface area (Å²) in [5.41, 5.74) is 1.61. The molecule has 22 heavy (non-hydrogen) atoms. The van der Waals surface area contributed by atoms with E-state index < -0.39 is 0 Å². The molecule has 3 heteroatoms. The molecule has 1 saturated carbocycles. The summed E-state index contributed by atoms with van der Waals surface area (Å²) >= 11 is 0. The second-order valence-corrected chi connectivity index (χ2v) is 6.66. The Hall–Kier alpha value is -1.87. The van der Waals surface area contributed by atoms with E-state index in [1.165, 1.54) is 5.56 Å². The van der Waals surface area contributed by atoms with Gasteiger partial charge in [0.05, 0.1) is 11.7 Å². The third-order valence-electron chi connectivity index (χ3n) is 5.36. The Labute approximate surface area is 132 Å². The number of benzene rings is 1. The first-order valence-corrected chi connectivity index (χ1v) is 7.86. The smallest absolute Gasteiger partial charge is 0.137 e. The number of rotatable bonds is 6. The van der Waals surface area contributed by atoms with E-state index in [4.69, 9.17) is 4.74 Å². The fourth-order valence-electron chi connectivity index (χ4n) is 3.73. The number of ether oxygens (including phenoxy) is 1. The molecule has 1 aromatic heterocycles. The molecule has 1 aliphatic carbocycles. The predicted molar refractivity (Wildman–Crippen MR) is 88.9 cm³/mol. The molecule has 0 amide bonds. The SMILES string of the molecule is CNC1(COc2cccnc2)C(Cc2ccccc2)C1(C)C. The van der Waals surface area contributed by atoms with Crippen molar-refractivity contribution in [3.8, 4) is 5.75 Å². The number of nitrogens with one attached hydrogen (secondary N) is 1. The van der Waals surface area contributed by atoms with Crippen LogP contribution in [0.15, 0.2) is 54.9 Å². The van der Waals surface area contributed by atoms with Crippen molar-refractivity contribution in [2.45, 2.75) is 25.8 Å². The van der Waals surface area contributed by atoms with Crippen LogP contribution in [-0.2, 0) is 6.42 Å². The number of nitrogens with zero attached hydrogens (tertiary/aromatic N) is 1. The van der Waals surface area contributed by atoms with Gasteiger partial charge in [0, 0.05) is 6.20 Å². The number of aromatic nitrogens is 1. The average Bonchev–Trinajstić information content (AvgIpc) is 3.02. The van der Waals surface area contributed by atoms with E-state index in [9.17, 15) is 0 Å². The van der Waals surface area contributed by atoms with Gasteiger partial charge in [0.1, 0.15) is 12.4 Å². The lowest BCUT2D eigenvalue weighted by molar-refractivity contribution is 0.227. The van der Waals surface area contributed by atoms with Crippen LogP contribution in [0.3, 0.4) is 0 Å². The normalized spacial score (nSPS) is 25.7. The number of hydrogen-bond donors (Lipinski definition) is 1. The van der Waals surface area contributed by atoms with Crippen molar-refractivity contribution in [3.63, 3.8) is 0 Å². The van der Waals surface area contributed by atoms with Gasteiger partial charge in [-0.1, -0.05) is 44.2 Å². The number of hydrogen-bond acceptors (Lipinski definition) is 3. The minimum atomic E-state index is 0.0126. The fraction of sp³-hybridized carbons (Fsp3) is 0.421. The molecule has 0 bridgehead atoms. The van der Waals surface area contributed by atoms with Crippen molar-refractivity contribution in [1.29, 1.82) is 0 Å². The summed E-state index contributed by atoms with van der Waals surface area (Å²) in [5.74, 6) is 1.39. The standard InChI is InChI=1S/C19H24N2O/c1-18(2)17(12-15-8-5-4-6-9-15)19(18,20-3)14-22-16-10-7-11-21-13-16/h4-11,13,17,20H,12,14H2,1-3H3. The van der Waals surface area contributed by atoms with Gasteiger partial charge in [-0.3, -0.25) is 4.98 Å². The zero-order valence-electron chi connectivity index (χ0n) is 13.5. The monoisotopic (exact) mass is 296 g/mol. The van der Waals surface area contributed by atoms with Gasteiger partial charge in [-0.2, -0.15) is 0 Å². The van der Waals surface area contributed by atoms with Crippen molar-refractivity contribution in [2.24, 2.45) is 11.3 Å². The van der Waals surface area contributed by atoms with Crippen LogP contribution in [0, 0.1) is 11.3 Å². The van der Waals surface area contributed by atoms with E-state index in [0.29, 0.717) is 12.5 Å². The Morgan fingerprint density at radius 1 is 1.14 bits per heavy atom. The van der Waals surface area contributed by atoms with E-state index in [2.05, 4.69) is 54.5 Å². The van der Waals surface area contributed by atoms with Crippen LogP contribution in [0.4, 0.5) is 0 Å². The summed E-state index contributed by atoms with van der Waals surface area (Å²) in [4.78, 5) is 4.11. The van der Waals surface area contributed by atoms with Gasteiger partial charge >= 0.3 is 0 Å². The summed E-state index contributed by atoms with van der Waals surface area (Å²) in [6.07, 6.45) is 4.61. The molecule has 1 heterocycles. The van der Waals surface area contributed by atoms with Gasteiger partial charge in [-0.15, -0.1) is 0 Å². The van der Waals surface area contributed by atoms with E-state index in [1.807, 2.05) is 19.2 Å². The predicted octanol–water partition coefficient (Wildman–Crippen LogP) is 3.32. The first-order chi connectivity index (χ1) is 10.6. The van der Waals surface area contributed by atoms with Gasteiger partial charge < -0.3 is 10.1 Å². The first kappa shape index (κ1) is 15.0. The molecule has 0 spiro atoms. The number of likely N-dealkylation sites (N-methyl/N-ethyl adjacent to an activating group) is 1. The minimum Gasteiger partial charge on any atom is -0.490 e. The minimum absolute atomic E-state index is 0.0126. The Balaban J connectivity index is 1.72. The van der Waals surface area contributed by atoms with Crippen LogP contribution >= 0.6 is 0 Å². The average molecular weight is 296 g/mol. The summed E-state index contributed by atoms with van der Waals surface area (Å²) in [6.45, 7) is 5.31. The zero-order chi connectivity index (χ0) is 15.6. The summed E-state index contributed by atoms with van der Waals surface area (Å²) < 4.78 is 6.00. The third kappa shape index (κ3) is 2.50. The summed E-state index contributed by atoms with van der Waals surface area (Å²) in [7, 11) is 2.04. The van der Waals surface area contributed by atoms with Crippen molar-refractivity contribution in [3.05, 3.63) is 60.4 Å². The van der Waals surface area contributed by atoms with Crippen LogP contribution in [0.2, 0.25) is 0 Å². The van der Waals surface area contributed by atoms with Crippen molar-refractivity contribution in [2.75, 3.05) is 13.7 Å². The Kier molecular flexibility index (Phi) is 3.92.